The van der Waals surface area contributed by atoms with Crippen molar-refractivity contribution < 1.29 is 8.91 Å². The topological polar surface area (TPSA) is 75.6 Å². The Morgan fingerprint density at radius 3 is 2.76 bits per heavy atom. The Labute approximate surface area is 119 Å². The average Bonchev–Trinajstić information content (AvgIpc) is 2.96. The van der Waals surface area contributed by atoms with Gasteiger partial charge in [0.05, 0.1) is 5.56 Å². The van der Waals surface area contributed by atoms with Crippen molar-refractivity contribution in [3.63, 3.8) is 0 Å². The molecule has 2 aromatic heterocycles. The van der Waals surface area contributed by atoms with E-state index in [-0.39, 0.29) is 11.5 Å². The molecule has 0 saturated heterocycles. The van der Waals surface area contributed by atoms with E-state index in [4.69, 9.17) is 9.78 Å². The summed E-state index contributed by atoms with van der Waals surface area (Å²) < 4.78 is 18.7. The molecule has 102 valence electrons. The van der Waals surface area contributed by atoms with Crippen molar-refractivity contribution in [3.8, 4) is 17.5 Å². The lowest BCUT2D eigenvalue weighted by Crippen LogP contribution is -1.92. The molecule has 21 heavy (non-hydrogen) atoms. The van der Waals surface area contributed by atoms with Gasteiger partial charge in [0.2, 0.25) is 0 Å². The van der Waals surface area contributed by atoms with Gasteiger partial charge in [0.1, 0.15) is 17.4 Å². The van der Waals surface area contributed by atoms with Crippen molar-refractivity contribution >= 4 is 0 Å². The van der Waals surface area contributed by atoms with Gasteiger partial charge in [0, 0.05) is 18.8 Å². The number of benzene rings is 1. The summed E-state index contributed by atoms with van der Waals surface area (Å²) in [6.07, 6.45) is 3.83. The molecule has 6 heteroatoms. The highest BCUT2D eigenvalue weighted by Gasteiger charge is 2.16. The van der Waals surface area contributed by atoms with Gasteiger partial charge in [-0.05, 0) is 29.8 Å². The van der Waals surface area contributed by atoms with Gasteiger partial charge in [-0.1, -0.05) is 11.2 Å². The van der Waals surface area contributed by atoms with E-state index in [9.17, 15) is 4.39 Å². The monoisotopic (exact) mass is 280 g/mol. The molecule has 1 aromatic carbocycles. The van der Waals surface area contributed by atoms with Crippen molar-refractivity contribution in [2.75, 3.05) is 0 Å². The Kier molecular flexibility index (Phi) is 3.39. The summed E-state index contributed by atoms with van der Waals surface area (Å²) >= 11 is 0. The number of nitriles is 1. The van der Waals surface area contributed by atoms with Crippen molar-refractivity contribution in [1.82, 2.24) is 15.1 Å². The first kappa shape index (κ1) is 12.9. The molecule has 0 saturated carbocycles. The number of nitrogens with zero attached hydrogens (tertiary/aromatic N) is 4. The molecule has 3 rings (SSSR count). The van der Waals surface area contributed by atoms with Crippen LogP contribution < -0.4 is 0 Å². The Bertz CT molecular complexity index is 808. The van der Waals surface area contributed by atoms with E-state index < -0.39 is 5.82 Å². The molecule has 0 bridgehead atoms. The number of hydrogen-bond donors (Lipinski definition) is 0. The minimum absolute atomic E-state index is 0.100. The molecular weight excluding hydrogens is 271 g/mol. The van der Waals surface area contributed by atoms with Crippen LogP contribution in [0.15, 0.2) is 47.2 Å². The third kappa shape index (κ3) is 2.62. The molecule has 5 nitrogen and oxygen atoms in total. The Morgan fingerprint density at radius 2 is 2.00 bits per heavy atom. The Hall–Kier alpha value is -3.07. The fraction of sp³-hybridized carbons (Fsp3) is 0.0667. The minimum atomic E-state index is -0.608. The first-order chi connectivity index (χ1) is 10.3. The van der Waals surface area contributed by atoms with Crippen LogP contribution >= 0.6 is 0 Å². The van der Waals surface area contributed by atoms with Crippen molar-refractivity contribution in [1.29, 1.82) is 5.26 Å². The normalized spacial score (nSPS) is 10.3. The number of rotatable bonds is 3. The van der Waals surface area contributed by atoms with Crippen LogP contribution in [0.2, 0.25) is 0 Å². The predicted molar refractivity (Wildman–Crippen MR) is 71.5 cm³/mol. The van der Waals surface area contributed by atoms with Crippen LogP contribution in [0.25, 0.3) is 11.5 Å². The molecule has 0 amide bonds. The maximum absolute atomic E-state index is 13.6. The van der Waals surface area contributed by atoms with Crippen LogP contribution in [-0.4, -0.2) is 15.1 Å². The van der Waals surface area contributed by atoms with Gasteiger partial charge < -0.3 is 4.52 Å². The molecule has 0 atom stereocenters. The lowest BCUT2D eigenvalue weighted by Gasteiger charge is -1.98. The summed E-state index contributed by atoms with van der Waals surface area (Å²) in [5, 5.41) is 12.9. The summed E-state index contributed by atoms with van der Waals surface area (Å²) in [4.78, 5) is 8.14. The summed E-state index contributed by atoms with van der Waals surface area (Å²) in [6.45, 7) is 0. The van der Waals surface area contributed by atoms with Crippen LogP contribution in [0.4, 0.5) is 4.39 Å². The van der Waals surface area contributed by atoms with E-state index in [0.717, 1.165) is 5.56 Å². The zero-order valence-electron chi connectivity index (χ0n) is 10.8. The van der Waals surface area contributed by atoms with Gasteiger partial charge in [-0.25, -0.2) is 4.39 Å². The summed E-state index contributed by atoms with van der Waals surface area (Å²) in [5.41, 5.74) is 1.18. The van der Waals surface area contributed by atoms with E-state index in [0.29, 0.717) is 17.8 Å². The van der Waals surface area contributed by atoms with Gasteiger partial charge in [-0.15, -0.1) is 0 Å². The molecule has 0 aliphatic carbocycles. The van der Waals surface area contributed by atoms with E-state index in [1.807, 2.05) is 18.2 Å². The lowest BCUT2D eigenvalue weighted by atomic mass is 10.1. The zero-order chi connectivity index (χ0) is 14.7. The highest BCUT2D eigenvalue weighted by Crippen LogP contribution is 2.24. The average molecular weight is 280 g/mol. The third-order valence-corrected chi connectivity index (χ3v) is 2.94. The zero-order valence-corrected chi connectivity index (χ0v) is 10.8. The van der Waals surface area contributed by atoms with E-state index in [2.05, 4.69) is 15.1 Å². The van der Waals surface area contributed by atoms with Crippen molar-refractivity contribution in [2.45, 2.75) is 6.42 Å². The molecule has 0 fully saturated rings. The summed E-state index contributed by atoms with van der Waals surface area (Å²) in [7, 11) is 0. The first-order valence-electron chi connectivity index (χ1n) is 6.18. The molecule has 0 aliphatic rings. The predicted octanol–water partition coefficient (Wildman–Crippen LogP) is 2.73. The van der Waals surface area contributed by atoms with Crippen molar-refractivity contribution in [3.05, 3.63) is 65.5 Å². The second-order valence-corrected chi connectivity index (χ2v) is 4.32. The van der Waals surface area contributed by atoms with Gasteiger partial charge in [0.25, 0.3) is 5.89 Å². The molecule has 0 N–H and O–H groups in total. The standard InChI is InChI=1S/C15H9FN4O/c16-13-3-1-2-11(12(13)9-17)15-19-14(20-21-15)8-10-4-6-18-7-5-10/h1-7H,8H2. The smallest absolute Gasteiger partial charge is 0.259 e. The molecule has 3 aromatic rings. The second-order valence-electron chi connectivity index (χ2n) is 4.32. The van der Waals surface area contributed by atoms with Gasteiger partial charge in [-0.2, -0.15) is 10.2 Å². The quantitative estimate of drug-likeness (QED) is 0.737. The molecular formula is C15H9FN4O. The first-order valence-corrected chi connectivity index (χ1v) is 6.18. The SMILES string of the molecule is N#Cc1c(F)cccc1-c1nc(Cc2ccncc2)no1. The number of hydrogen-bond acceptors (Lipinski definition) is 5. The highest BCUT2D eigenvalue weighted by molar-refractivity contribution is 5.63. The summed E-state index contributed by atoms with van der Waals surface area (Å²) in [5.74, 6) is -0.0108. The third-order valence-electron chi connectivity index (χ3n) is 2.94. The highest BCUT2D eigenvalue weighted by atomic mass is 19.1. The van der Waals surface area contributed by atoms with Crippen LogP contribution in [-0.2, 0) is 6.42 Å². The molecule has 0 aliphatic heterocycles. The van der Waals surface area contributed by atoms with Crippen LogP contribution in [0.1, 0.15) is 17.0 Å². The number of halogens is 1. The molecule has 0 unspecified atom stereocenters. The Morgan fingerprint density at radius 1 is 1.19 bits per heavy atom. The van der Waals surface area contributed by atoms with E-state index in [1.165, 1.54) is 12.1 Å². The lowest BCUT2D eigenvalue weighted by molar-refractivity contribution is 0.423. The van der Waals surface area contributed by atoms with Gasteiger partial charge in [0.15, 0.2) is 5.82 Å². The largest absolute Gasteiger partial charge is 0.334 e. The minimum Gasteiger partial charge on any atom is -0.334 e. The number of pyridine rings is 1. The Balaban J connectivity index is 1.93. The van der Waals surface area contributed by atoms with Crippen LogP contribution in [0, 0.1) is 17.1 Å². The fourth-order valence-corrected chi connectivity index (χ4v) is 1.93. The fourth-order valence-electron chi connectivity index (χ4n) is 1.93. The molecule has 2 heterocycles. The van der Waals surface area contributed by atoms with Gasteiger partial charge in [-0.3, -0.25) is 4.98 Å². The maximum Gasteiger partial charge on any atom is 0.259 e. The number of aromatic nitrogens is 3. The van der Waals surface area contributed by atoms with E-state index in [1.54, 1.807) is 18.5 Å². The van der Waals surface area contributed by atoms with Gasteiger partial charge >= 0.3 is 0 Å². The summed E-state index contributed by atoms with van der Waals surface area (Å²) in [6, 6.07) is 9.79. The molecule has 0 spiro atoms. The maximum atomic E-state index is 13.6. The van der Waals surface area contributed by atoms with E-state index >= 15 is 0 Å². The van der Waals surface area contributed by atoms with Crippen LogP contribution in [0.3, 0.4) is 0 Å². The second kappa shape index (κ2) is 5.51. The van der Waals surface area contributed by atoms with Crippen molar-refractivity contribution in [2.24, 2.45) is 0 Å². The molecule has 0 radical (unpaired) electrons. The van der Waals surface area contributed by atoms with Crippen LogP contribution in [0.5, 0.6) is 0 Å².